The van der Waals surface area contributed by atoms with E-state index < -0.39 is 5.91 Å². The molecule has 4 heterocycles. The van der Waals surface area contributed by atoms with Crippen LogP contribution in [0.3, 0.4) is 0 Å². The van der Waals surface area contributed by atoms with Crippen molar-refractivity contribution in [1.82, 2.24) is 19.5 Å². The third kappa shape index (κ3) is 4.30. The highest BCUT2D eigenvalue weighted by Gasteiger charge is 2.35. The molecule has 170 valence electrons. The molecular formula is C23H25N7O3. The Bertz CT molecular complexity index is 1230. The first kappa shape index (κ1) is 22.1. The lowest BCUT2D eigenvalue weighted by atomic mass is 10.00. The van der Waals surface area contributed by atoms with Crippen molar-refractivity contribution < 1.29 is 14.3 Å². The van der Waals surface area contributed by atoms with Gasteiger partial charge in [-0.25, -0.2) is 9.50 Å². The van der Waals surface area contributed by atoms with E-state index in [1.165, 1.54) is 6.20 Å². The fraction of sp³-hybridized carbons (Fsp3) is 0.348. The minimum absolute atomic E-state index is 0.0945. The molecule has 33 heavy (non-hydrogen) atoms. The number of pyridine rings is 1. The average molecular weight is 447 g/mol. The van der Waals surface area contributed by atoms with Gasteiger partial charge in [0.1, 0.15) is 6.42 Å². The Balaban J connectivity index is 1.71. The number of likely N-dealkylation sites (tertiary alicyclic amines) is 1. The number of carbonyl (C=O) groups is 2. The molecule has 4 rings (SSSR count). The maximum Gasteiger partial charge on any atom is 0.252 e. The summed E-state index contributed by atoms with van der Waals surface area (Å²) in [6.45, 7) is 3.06. The van der Waals surface area contributed by atoms with Crippen molar-refractivity contribution in [1.29, 1.82) is 5.26 Å². The Kier molecular flexibility index (Phi) is 6.13. The molecule has 1 aliphatic heterocycles. The number of nitrogens with two attached hydrogens (primary N) is 1. The number of anilines is 1. The van der Waals surface area contributed by atoms with Gasteiger partial charge in [0.15, 0.2) is 0 Å². The Morgan fingerprint density at radius 1 is 1.30 bits per heavy atom. The van der Waals surface area contributed by atoms with Crippen molar-refractivity contribution in [3.05, 3.63) is 42.4 Å². The van der Waals surface area contributed by atoms with Gasteiger partial charge in [0.25, 0.3) is 5.91 Å². The molecule has 0 aliphatic carbocycles. The molecule has 10 nitrogen and oxygen atoms in total. The van der Waals surface area contributed by atoms with Gasteiger partial charge in [-0.15, -0.1) is 0 Å². The first-order valence-electron chi connectivity index (χ1n) is 10.7. The number of rotatable bonds is 7. The number of methoxy groups -OCH3 is 1. The summed E-state index contributed by atoms with van der Waals surface area (Å²) < 4.78 is 6.81. The predicted octanol–water partition coefficient (Wildman–Crippen LogP) is 2.07. The van der Waals surface area contributed by atoms with Crippen molar-refractivity contribution in [3.63, 3.8) is 0 Å². The molecule has 1 saturated heterocycles. The molecule has 0 unspecified atom stereocenters. The van der Waals surface area contributed by atoms with Crippen LogP contribution in [0.1, 0.15) is 30.1 Å². The van der Waals surface area contributed by atoms with Gasteiger partial charge in [-0.05, 0) is 24.5 Å². The second-order valence-corrected chi connectivity index (χ2v) is 8.00. The van der Waals surface area contributed by atoms with Crippen LogP contribution in [0.25, 0.3) is 16.6 Å². The van der Waals surface area contributed by atoms with Crippen molar-refractivity contribution >= 4 is 23.0 Å². The summed E-state index contributed by atoms with van der Waals surface area (Å²) in [5.41, 5.74) is 8.93. The summed E-state index contributed by atoms with van der Waals surface area (Å²) in [6, 6.07) is 7.41. The van der Waals surface area contributed by atoms with E-state index in [0.29, 0.717) is 30.2 Å². The molecule has 3 aromatic rings. The second kappa shape index (κ2) is 9.16. The number of nitriles is 1. The van der Waals surface area contributed by atoms with E-state index in [1.807, 2.05) is 24.4 Å². The Labute approximate surface area is 191 Å². The van der Waals surface area contributed by atoms with Gasteiger partial charge in [-0.2, -0.15) is 10.4 Å². The van der Waals surface area contributed by atoms with Gasteiger partial charge in [-0.1, -0.05) is 6.92 Å². The zero-order valence-electron chi connectivity index (χ0n) is 18.5. The highest BCUT2D eigenvalue weighted by Crippen LogP contribution is 2.32. The molecule has 0 spiro atoms. The Morgan fingerprint density at radius 3 is 2.76 bits per heavy atom. The standard InChI is InChI=1S/C23H25N7O3/c1-3-14-11-29(21(31)6-7-24)13-18(14)28-22-17(23(25)32)10-27-30-12-16(8-19(22)30)15-4-5-20(33-2)26-9-15/h4-5,8-10,12,14,18,28H,3,6,11,13H2,1-2H3,(H2,25,32)/t14-,18-/m1/s1. The number of nitrogens with zero attached hydrogens (tertiary/aromatic N) is 5. The minimum atomic E-state index is -0.593. The third-order valence-electron chi connectivity index (χ3n) is 6.06. The molecule has 3 N–H and O–H groups in total. The second-order valence-electron chi connectivity index (χ2n) is 8.00. The van der Waals surface area contributed by atoms with E-state index in [9.17, 15) is 9.59 Å². The number of fused-ring (bicyclic) bond motifs is 1. The van der Waals surface area contributed by atoms with Crippen LogP contribution < -0.4 is 15.8 Å². The summed E-state index contributed by atoms with van der Waals surface area (Å²) in [5, 5.41) is 16.7. The first-order chi connectivity index (χ1) is 15.9. The van der Waals surface area contributed by atoms with Gasteiger partial charge in [-0.3, -0.25) is 9.59 Å². The molecule has 2 amide bonds. The van der Waals surface area contributed by atoms with Gasteiger partial charge in [0.2, 0.25) is 11.8 Å². The van der Waals surface area contributed by atoms with Crippen LogP contribution in [-0.4, -0.2) is 57.6 Å². The number of amides is 2. The summed E-state index contributed by atoms with van der Waals surface area (Å²) in [7, 11) is 1.56. The molecule has 1 fully saturated rings. The number of hydrogen-bond acceptors (Lipinski definition) is 7. The van der Waals surface area contributed by atoms with Crippen molar-refractivity contribution in [2.24, 2.45) is 11.7 Å². The van der Waals surface area contributed by atoms with Gasteiger partial charge < -0.3 is 20.7 Å². The monoisotopic (exact) mass is 447 g/mol. The lowest BCUT2D eigenvalue weighted by Gasteiger charge is -2.21. The van der Waals surface area contributed by atoms with Crippen molar-refractivity contribution in [3.8, 4) is 23.1 Å². The van der Waals surface area contributed by atoms with Gasteiger partial charge >= 0.3 is 0 Å². The van der Waals surface area contributed by atoms with Crippen LogP contribution in [0, 0.1) is 17.2 Å². The minimum Gasteiger partial charge on any atom is -0.481 e. The van der Waals surface area contributed by atoms with E-state index >= 15 is 0 Å². The quantitative estimate of drug-likeness (QED) is 0.565. The molecule has 0 saturated carbocycles. The topological polar surface area (TPSA) is 139 Å². The fourth-order valence-electron chi connectivity index (χ4n) is 4.24. The van der Waals surface area contributed by atoms with Crippen LogP contribution in [0.15, 0.2) is 36.8 Å². The maximum atomic E-state index is 12.3. The Hall–Kier alpha value is -4.13. The van der Waals surface area contributed by atoms with Gasteiger partial charge in [0.05, 0.1) is 36.1 Å². The summed E-state index contributed by atoms with van der Waals surface area (Å²) >= 11 is 0. The van der Waals surface area contributed by atoms with Crippen molar-refractivity contribution in [2.45, 2.75) is 25.8 Å². The van der Waals surface area contributed by atoms with Crippen LogP contribution in [0.4, 0.5) is 5.69 Å². The molecule has 3 aromatic heterocycles. The molecular weight excluding hydrogens is 422 g/mol. The normalized spacial score (nSPS) is 17.7. The molecule has 0 radical (unpaired) electrons. The molecule has 1 aliphatic rings. The average Bonchev–Trinajstić information content (AvgIpc) is 3.43. The number of primary amides is 1. The Morgan fingerprint density at radius 2 is 2.12 bits per heavy atom. The maximum absolute atomic E-state index is 12.3. The van der Waals surface area contributed by atoms with E-state index in [1.54, 1.807) is 28.8 Å². The number of carbonyl (C=O) groups excluding carboxylic acids is 2. The van der Waals surface area contributed by atoms with Crippen LogP contribution in [0.2, 0.25) is 0 Å². The van der Waals surface area contributed by atoms with Gasteiger partial charge in [0, 0.05) is 48.7 Å². The van der Waals surface area contributed by atoms with Crippen LogP contribution >= 0.6 is 0 Å². The predicted molar refractivity (Wildman–Crippen MR) is 121 cm³/mol. The number of hydrogen-bond donors (Lipinski definition) is 2. The molecule has 10 heteroatoms. The summed E-state index contributed by atoms with van der Waals surface area (Å²) in [4.78, 5) is 30.4. The van der Waals surface area contributed by atoms with E-state index in [0.717, 1.165) is 17.5 Å². The lowest BCUT2D eigenvalue weighted by molar-refractivity contribution is -0.129. The van der Waals surface area contributed by atoms with Crippen molar-refractivity contribution in [2.75, 3.05) is 25.5 Å². The number of nitrogens with one attached hydrogen (secondary N) is 1. The summed E-state index contributed by atoms with van der Waals surface area (Å²) in [6.07, 6.45) is 5.70. The fourth-order valence-corrected chi connectivity index (χ4v) is 4.24. The molecule has 2 atom stereocenters. The highest BCUT2D eigenvalue weighted by atomic mass is 16.5. The number of aromatic nitrogens is 3. The first-order valence-corrected chi connectivity index (χ1v) is 10.7. The van der Waals surface area contributed by atoms with Crippen LogP contribution in [-0.2, 0) is 4.79 Å². The van der Waals surface area contributed by atoms with E-state index in [-0.39, 0.29) is 29.9 Å². The zero-order valence-corrected chi connectivity index (χ0v) is 18.5. The largest absolute Gasteiger partial charge is 0.481 e. The van der Waals surface area contributed by atoms with E-state index in [2.05, 4.69) is 22.3 Å². The molecule has 0 aromatic carbocycles. The highest BCUT2D eigenvalue weighted by molar-refractivity contribution is 6.02. The third-order valence-corrected chi connectivity index (χ3v) is 6.06. The molecule has 0 bridgehead atoms. The van der Waals surface area contributed by atoms with E-state index in [4.69, 9.17) is 15.7 Å². The smallest absolute Gasteiger partial charge is 0.252 e. The summed E-state index contributed by atoms with van der Waals surface area (Å²) in [5.74, 6) is -0.0970. The zero-order chi connectivity index (χ0) is 23.5. The van der Waals surface area contributed by atoms with Crippen LogP contribution in [0.5, 0.6) is 5.88 Å². The number of ether oxygens (including phenoxy) is 1. The SMILES string of the molecule is CC[C@@H]1CN(C(=O)CC#N)C[C@H]1Nc1c(C(N)=O)cnn2cc(-c3ccc(OC)nc3)cc12. The lowest BCUT2D eigenvalue weighted by Crippen LogP contribution is -2.32.